The summed E-state index contributed by atoms with van der Waals surface area (Å²) in [5.41, 5.74) is -0.861. The summed E-state index contributed by atoms with van der Waals surface area (Å²) in [6.07, 6.45) is 3.50. The van der Waals surface area contributed by atoms with Crippen LogP contribution in [-0.4, -0.2) is 59.4 Å². The van der Waals surface area contributed by atoms with Crippen LogP contribution in [0.15, 0.2) is 0 Å². The Balaban J connectivity index is 2.07. The quantitative estimate of drug-likeness (QED) is 0.818. The molecule has 0 radical (unpaired) electrons. The number of nitrogens with one attached hydrogen (secondary N) is 1. The minimum Gasteiger partial charge on any atom is -0.480 e. The molecule has 2 rings (SSSR count). The second-order valence-corrected chi connectivity index (χ2v) is 6.75. The summed E-state index contributed by atoms with van der Waals surface area (Å²) < 4.78 is 5.76. The van der Waals surface area contributed by atoms with Gasteiger partial charge in [0.15, 0.2) is 0 Å². The molecular weight excluding hydrogens is 256 g/mol. The zero-order valence-corrected chi connectivity index (χ0v) is 12.9. The van der Waals surface area contributed by atoms with Gasteiger partial charge in [0.05, 0.1) is 12.2 Å². The van der Waals surface area contributed by atoms with Crippen LogP contribution in [0.2, 0.25) is 0 Å². The Labute approximate surface area is 121 Å². The number of morpholine rings is 1. The molecule has 1 aliphatic heterocycles. The van der Waals surface area contributed by atoms with Gasteiger partial charge in [-0.2, -0.15) is 0 Å². The highest BCUT2D eigenvalue weighted by atomic mass is 16.5. The van der Waals surface area contributed by atoms with E-state index in [-0.39, 0.29) is 5.60 Å². The fourth-order valence-electron chi connectivity index (χ4n) is 3.69. The number of carbonyl (C=O) groups is 1. The summed E-state index contributed by atoms with van der Waals surface area (Å²) in [6, 6.07) is 0.349. The van der Waals surface area contributed by atoms with Gasteiger partial charge in [-0.3, -0.25) is 9.69 Å². The lowest BCUT2D eigenvalue weighted by atomic mass is 9.78. The van der Waals surface area contributed by atoms with Gasteiger partial charge in [0, 0.05) is 19.1 Å². The lowest BCUT2D eigenvalue weighted by molar-refractivity contribution is -0.149. The molecule has 0 spiro atoms. The zero-order valence-electron chi connectivity index (χ0n) is 12.9. The summed E-state index contributed by atoms with van der Waals surface area (Å²) in [6.45, 7) is 9.44. The predicted octanol–water partition coefficient (Wildman–Crippen LogP) is 1.47. The average molecular weight is 284 g/mol. The summed E-state index contributed by atoms with van der Waals surface area (Å²) >= 11 is 0. The summed E-state index contributed by atoms with van der Waals surface area (Å²) in [7, 11) is 0. The van der Waals surface area contributed by atoms with E-state index in [1.165, 1.54) is 0 Å². The van der Waals surface area contributed by atoms with Crippen LogP contribution in [0.3, 0.4) is 0 Å². The van der Waals surface area contributed by atoms with Crippen molar-refractivity contribution in [3.63, 3.8) is 0 Å². The average Bonchev–Trinajstić information content (AvgIpc) is 2.38. The Morgan fingerprint density at radius 2 is 2.25 bits per heavy atom. The molecule has 20 heavy (non-hydrogen) atoms. The molecule has 5 heteroatoms. The van der Waals surface area contributed by atoms with Crippen molar-refractivity contribution in [1.82, 2.24) is 10.2 Å². The van der Waals surface area contributed by atoms with Crippen LogP contribution in [0.1, 0.15) is 46.5 Å². The molecule has 0 aromatic rings. The van der Waals surface area contributed by atoms with Crippen molar-refractivity contribution in [3.8, 4) is 0 Å². The third-order valence-corrected chi connectivity index (χ3v) is 4.62. The number of hydrogen-bond donors (Lipinski definition) is 2. The van der Waals surface area contributed by atoms with Crippen molar-refractivity contribution >= 4 is 5.97 Å². The second kappa shape index (κ2) is 6.00. The zero-order chi connectivity index (χ0) is 14.8. The van der Waals surface area contributed by atoms with Gasteiger partial charge < -0.3 is 15.2 Å². The SMILES string of the molecule is CCNC1(C(=O)O)CCCC(N2CCOC(C)(C)C2)C1. The fourth-order valence-corrected chi connectivity index (χ4v) is 3.69. The van der Waals surface area contributed by atoms with Crippen molar-refractivity contribution in [2.45, 2.75) is 63.6 Å². The van der Waals surface area contributed by atoms with Gasteiger partial charge in [0.2, 0.25) is 0 Å². The van der Waals surface area contributed by atoms with Crippen molar-refractivity contribution in [1.29, 1.82) is 0 Å². The normalized spacial score (nSPS) is 34.9. The molecule has 0 bridgehead atoms. The van der Waals surface area contributed by atoms with Crippen LogP contribution >= 0.6 is 0 Å². The maximum atomic E-state index is 11.7. The van der Waals surface area contributed by atoms with Crippen LogP contribution in [-0.2, 0) is 9.53 Å². The standard InChI is InChI=1S/C15H28N2O3/c1-4-16-15(13(18)19)7-5-6-12(10-15)17-8-9-20-14(2,3)11-17/h12,16H,4-11H2,1-3H3,(H,18,19). The predicted molar refractivity (Wildman–Crippen MR) is 77.9 cm³/mol. The van der Waals surface area contributed by atoms with Gasteiger partial charge >= 0.3 is 5.97 Å². The third kappa shape index (κ3) is 3.32. The highest BCUT2D eigenvalue weighted by molar-refractivity contribution is 5.79. The molecular formula is C15H28N2O3. The Bertz CT molecular complexity index is 355. The van der Waals surface area contributed by atoms with E-state index in [0.29, 0.717) is 19.0 Å². The molecule has 0 amide bonds. The minimum atomic E-state index is -0.736. The molecule has 5 nitrogen and oxygen atoms in total. The number of nitrogens with zero attached hydrogens (tertiary/aromatic N) is 1. The number of aliphatic carboxylic acids is 1. The van der Waals surface area contributed by atoms with Crippen LogP contribution in [0.25, 0.3) is 0 Å². The number of carboxylic acid groups (broad SMARTS) is 1. The van der Waals surface area contributed by atoms with Gasteiger partial charge in [-0.05, 0) is 46.1 Å². The Morgan fingerprint density at radius 1 is 1.50 bits per heavy atom. The first kappa shape index (κ1) is 15.7. The highest BCUT2D eigenvalue weighted by Crippen LogP contribution is 2.33. The smallest absolute Gasteiger partial charge is 0.323 e. The van der Waals surface area contributed by atoms with Crippen molar-refractivity contribution in [2.75, 3.05) is 26.2 Å². The molecule has 0 aromatic heterocycles. The number of likely N-dealkylation sites (N-methyl/N-ethyl adjacent to an activating group) is 1. The number of carboxylic acids is 1. The highest BCUT2D eigenvalue weighted by Gasteiger charge is 2.44. The maximum Gasteiger partial charge on any atom is 0.323 e. The lowest BCUT2D eigenvalue weighted by Crippen LogP contribution is -2.60. The van der Waals surface area contributed by atoms with Crippen molar-refractivity contribution in [3.05, 3.63) is 0 Å². The summed E-state index contributed by atoms with van der Waals surface area (Å²) in [5.74, 6) is -0.698. The first-order valence-electron chi connectivity index (χ1n) is 7.75. The van der Waals surface area contributed by atoms with Crippen LogP contribution in [0.4, 0.5) is 0 Å². The molecule has 2 unspecified atom stereocenters. The molecule has 0 aromatic carbocycles. The van der Waals surface area contributed by atoms with E-state index in [1.807, 2.05) is 6.92 Å². The van der Waals surface area contributed by atoms with E-state index in [2.05, 4.69) is 24.1 Å². The van der Waals surface area contributed by atoms with E-state index in [0.717, 1.165) is 39.0 Å². The van der Waals surface area contributed by atoms with Crippen LogP contribution in [0, 0.1) is 0 Å². The Morgan fingerprint density at radius 3 is 2.85 bits per heavy atom. The van der Waals surface area contributed by atoms with E-state index in [4.69, 9.17) is 4.74 Å². The van der Waals surface area contributed by atoms with Crippen LogP contribution in [0.5, 0.6) is 0 Å². The topological polar surface area (TPSA) is 61.8 Å². The second-order valence-electron chi connectivity index (χ2n) is 6.75. The molecule has 2 atom stereocenters. The number of ether oxygens (including phenoxy) is 1. The monoisotopic (exact) mass is 284 g/mol. The molecule has 2 N–H and O–H groups in total. The first-order valence-corrected chi connectivity index (χ1v) is 7.75. The van der Waals surface area contributed by atoms with Crippen LogP contribution < -0.4 is 5.32 Å². The fraction of sp³-hybridized carbons (Fsp3) is 0.933. The molecule has 116 valence electrons. The molecule has 2 aliphatic rings. The molecule has 1 saturated carbocycles. The van der Waals surface area contributed by atoms with Gasteiger partial charge in [-0.25, -0.2) is 0 Å². The lowest BCUT2D eigenvalue weighted by Gasteiger charge is -2.47. The van der Waals surface area contributed by atoms with E-state index >= 15 is 0 Å². The Kier molecular flexibility index (Phi) is 4.72. The molecule has 1 saturated heterocycles. The summed E-state index contributed by atoms with van der Waals surface area (Å²) in [4.78, 5) is 14.1. The summed E-state index contributed by atoms with van der Waals surface area (Å²) in [5, 5.41) is 12.9. The Hall–Kier alpha value is -0.650. The van der Waals surface area contributed by atoms with Gasteiger partial charge in [0.25, 0.3) is 0 Å². The third-order valence-electron chi connectivity index (χ3n) is 4.62. The van der Waals surface area contributed by atoms with Gasteiger partial charge in [-0.15, -0.1) is 0 Å². The van der Waals surface area contributed by atoms with E-state index < -0.39 is 11.5 Å². The molecule has 1 heterocycles. The van der Waals surface area contributed by atoms with Crippen molar-refractivity contribution < 1.29 is 14.6 Å². The number of rotatable bonds is 4. The largest absolute Gasteiger partial charge is 0.480 e. The number of hydrogen-bond acceptors (Lipinski definition) is 4. The van der Waals surface area contributed by atoms with E-state index in [9.17, 15) is 9.90 Å². The van der Waals surface area contributed by atoms with Crippen molar-refractivity contribution in [2.24, 2.45) is 0 Å². The van der Waals surface area contributed by atoms with Gasteiger partial charge in [0.1, 0.15) is 5.54 Å². The van der Waals surface area contributed by atoms with E-state index in [1.54, 1.807) is 0 Å². The minimum absolute atomic E-state index is 0.125. The van der Waals surface area contributed by atoms with Gasteiger partial charge in [-0.1, -0.05) is 6.92 Å². The maximum absolute atomic E-state index is 11.7. The molecule has 1 aliphatic carbocycles. The molecule has 2 fully saturated rings. The first-order chi connectivity index (χ1) is 9.38.